The van der Waals surface area contributed by atoms with Crippen molar-refractivity contribution in [3.8, 4) is 28.5 Å². The molecule has 1 aromatic heterocycles. The number of nitrogens with two attached hydrogens (primary N) is 1. The fourth-order valence-electron chi connectivity index (χ4n) is 2.44. The van der Waals surface area contributed by atoms with Crippen LogP contribution in [0.1, 0.15) is 11.1 Å². The van der Waals surface area contributed by atoms with E-state index in [1.54, 1.807) is 6.07 Å². The number of nitriles is 1. The quantitative estimate of drug-likeness (QED) is 0.735. The van der Waals surface area contributed by atoms with Crippen molar-refractivity contribution in [3.05, 3.63) is 70.7 Å². The molecule has 0 saturated carbocycles. The molecule has 0 radical (unpaired) electrons. The molecule has 4 heteroatoms. The number of halogens is 1. The SMILES string of the molecule is Cc1ccc(-c2cc(-c3cccc(Cl)c3)nc(N)c2C#N)cc1. The highest BCUT2D eigenvalue weighted by Gasteiger charge is 2.13. The van der Waals surface area contributed by atoms with E-state index >= 15 is 0 Å². The number of anilines is 1. The van der Waals surface area contributed by atoms with Gasteiger partial charge < -0.3 is 5.73 Å². The second-order valence-electron chi connectivity index (χ2n) is 5.30. The van der Waals surface area contributed by atoms with Crippen LogP contribution in [0.15, 0.2) is 54.6 Å². The second-order valence-corrected chi connectivity index (χ2v) is 5.74. The summed E-state index contributed by atoms with van der Waals surface area (Å²) in [6.07, 6.45) is 0. The summed E-state index contributed by atoms with van der Waals surface area (Å²) in [6, 6.07) is 19.4. The first-order valence-corrected chi connectivity index (χ1v) is 7.50. The van der Waals surface area contributed by atoms with Gasteiger partial charge >= 0.3 is 0 Å². The van der Waals surface area contributed by atoms with Crippen molar-refractivity contribution in [2.45, 2.75) is 6.92 Å². The van der Waals surface area contributed by atoms with Crippen molar-refractivity contribution in [1.29, 1.82) is 5.26 Å². The van der Waals surface area contributed by atoms with Gasteiger partial charge in [-0.2, -0.15) is 5.26 Å². The van der Waals surface area contributed by atoms with E-state index in [1.165, 1.54) is 0 Å². The number of pyridine rings is 1. The average Bonchev–Trinajstić information content (AvgIpc) is 2.55. The third-order valence-corrected chi connectivity index (χ3v) is 3.88. The van der Waals surface area contributed by atoms with Gasteiger partial charge in [-0.15, -0.1) is 0 Å². The van der Waals surface area contributed by atoms with Crippen LogP contribution in [0.4, 0.5) is 5.82 Å². The molecule has 3 rings (SSSR count). The zero-order chi connectivity index (χ0) is 16.4. The molecule has 2 aromatic carbocycles. The van der Waals surface area contributed by atoms with Crippen molar-refractivity contribution >= 4 is 17.4 Å². The summed E-state index contributed by atoms with van der Waals surface area (Å²) >= 11 is 6.06. The third kappa shape index (κ3) is 3.03. The average molecular weight is 320 g/mol. The molecule has 3 nitrogen and oxygen atoms in total. The first-order valence-electron chi connectivity index (χ1n) is 7.12. The fraction of sp³-hybridized carbons (Fsp3) is 0.0526. The third-order valence-electron chi connectivity index (χ3n) is 3.64. The van der Waals surface area contributed by atoms with Gasteiger partial charge in [0.05, 0.1) is 5.69 Å². The summed E-state index contributed by atoms with van der Waals surface area (Å²) in [5, 5.41) is 10.1. The molecule has 1 heterocycles. The lowest BCUT2D eigenvalue weighted by Gasteiger charge is -2.10. The molecular formula is C19H14ClN3. The molecule has 3 aromatic rings. The van der Waals surface area contributed by atoms with Crippen LogP contribution in [0.5, 0.6) is 0 Å². The maximum atomic E-state index is 9.43. The molecule has 0 unspecified atom stereocenters. The predicted octanol–water partition coefficient (Wildman–Crippen LogP) is 4.83. The number of aryl methyl sites for hydroxylation is 1. The molecule has 0 aliphatic heterocycles. The molecule has 112 valence electrons. The Balaban J connectivity index is 2.22. The van der Waals surface area contributed by atoms with E-state index in [0.29, 0.717) is 16.3 Å². The minimum atomic E-state index is 0.223. The summed E-state index contributed by atoms with van der Waals surface area (Å²) in [5.74, 6) is 0.223. The Kier molecular flexibility index (Phi) is 4.01. The maximum Gasteiger partial charge on any atom is 0.142 e. The molecule has 0 bridgehead atoms. The summed E-state index contributed by atoms with van der Waals surface area (Å²) in [7, 11) is 0. The highest BCUT2D eigenvalue weighted by molar-refractivity contribution is 6.30. The number of nitrogen functional groups attached to an aromatic ring is 1. The van der Waals surface area contributed by atoms with Crippen molar-refractivity contribution in [2.24, 2.45) is 0 Å². The number of hydrogen-bond donors (Lipinski definition) is 1. The van der Waals surface area contributed by atoms with Crippen LogP contribution < -0.4 is 5.73 Å². The van der Waals surface area contributed by atoms with Crippen LogP contribution in [0.3, 0.4) is 0 Å². The predicted molar refractivity (Wildman–Crippen MR) is 94.0 cm³/mol. The summed E-state index contributed by atoms with van der Waals surface area (Å²) < 4.78 is 0. The molecule has 0 atom stereocenters. The summed E-state index contributed by atoms with van der Waals surface area (Å²) in [4.78, 5) is 4.36. The van der Waals surface area contributed by atoms with Gasteiger partial charge in [0.25, 0.3) is 0 Å². The fourth-order valence-corrected chi connectivity index (χ4v) is 2.63. The molecule has 0 saturated heterocycles. The minimum Gasteiger partial charge on any atom is -0.383 e. The van der Waals surface area contributed by atoms with E-state index in [1.807, 2.05) is 55.5 Å². The smallest absolute Gasteiger partial charge is 0.142 e. The second kappa shape index (κ2) is 6.12. The maximum absolute atomic E-state index is 9.43. The molecule has 0 aliphatic rings. The van der Waals surface area contributed by atoms with Gasteiger partial charge in [-0.3, -0.25) is 0 Å². The molecule has 0 fully saturated rings. The zero-order valence-corrected chi connectivity index (χ0v) is 13.3. The highest BCUT2D eigenvalue weighted by Crippen LogP contribution is 2.32. The van der Waals surface area contributed by atoms with Crippen molar-refractivity contribution in [1.82, 2.24) is 4.98 Å². The first kappa shape index (κ1) is 15.1. The largest absolute Gasteiger partial charge is 0.383 e. The first-order chi connectivity index (χ1) is 11.1. The van der Waals surface area contributed by atoms with Crippen molar-refractivity contribution in [2.75, 3.05) is 5.73 Å². The van der Waals surface area contributed by atoms with Crippen molar-refractivity contribution in [3.63, 3.8) is 0 Å². The van der Waals surface area contributed by atoms with Crippen LogP contribution in [-0.2, 0) is 0 Å². The van der Waals surface area contributed by atoms with E-state index in [4.69, 9.17) is 17.3 Å². The molecule has 23 heavy (non-hydrogen) atoms. The van der Waals surface area contributed by atoms with Crippen LogP contribution in [0.25, 0.3) is 22.4 Å². The number of nitrogens with zero attached hydrogens (tertiary/aromatic N) is 2. The molecular weight excluding hydrogens is 306 g/mol. The van der Waals surface area contributed by atoms with Gasteiger partial charge in [0.2, 0.25) is 0 Å². The Morgan fingerprint density at radius 1 is 1.04 bits per heavy atom. The summed E-state index contributed by atoms with van der Waals surface area (Å²) in [6.45, 7) is 2.02. The van der Waals surface area contributed by atoms with Gasteiger partial charge in [0.15, 0.2) is 0 Å². The van der Waals surface area contributed by atoms with Gasteiger partial charge in [-0.1, -0.05) is 53.6 Å². The van der Waals surface area contributed by atoms with E-state index in [0.717, 1.165) is 22.3 Å². The van der Waals surface area contributed by atoms with Gasteiger partial charge in [-0.25, -0.2) is 4.98 Å². The van der Waals surface area contributed by atoms with E-state index in [9.17, 15) is 5.26 Å². The molecule has 0 aliphatic carbocycles. The number of benzene rings is 2. The van der Waals surface area contributed by atoms with Crippen LogP contribution >= 0.6 is 11.6 Å². The Bertz CT molecular complexity index is 909. The highest BCUT2D eigenvalue weighted by atomic mass is 35.5. The Morgan fingerprint density at radius 2 is 1.78 bits per heavy atom. The lowest BCUT2D eigenvalue weighted by molar-refractivity contribution is 1.31. The summed E-state index contributed by atoms with van der Waals surface area (Å²) in [5.41, 5.74) is 10.8. The van der Waals surface area contributed by atoms with E-state index in [2.05, 4.69) is 11.1 Å². The minimum absolute atomic E-state index is 0.223. The number of hydrogen-bond acceptors (Lipinski definition) is 3. The van der Waals surface area contributed by atoms with Crippen LogP contribution in [0.2, 0.25) is 5.02 Å². The normalized spacial score (nSPS) is 10.3. The van der Waals surface area contributed by atoms with Crippen LogP contribution in [-0.4, -0.2) is 4.98 Å². The standard InChI is InChI=1S/C19H14ClN3/c1-12-5-7-13(8-6-12)16-10-18(23-19(22)17(16)11-21)14-3-2-4-15(20)9-14/h2-10H,1H3,(H2,22,23). The Labute approximate surface area is 140 Å². The number of rotatable bonds is 2. The monoisotopic (exact) mass is 319 g/mol. The molecule has 0 spiro atoms. The Morgan fingerprint density at radius 3 is 2.43 bits per heavy atom. The lowest BCUT2D eigenvalue weighted by Crippen LogP contribution is -1.99. The Hall–Kier alpha value is -2.83. The van der Waals surface area contributed by atoms with Crippen molar-refractivity contribution < 1.29 is 0 Å². The van der Waals surface area contributed by atoms with E-state index in [-0.39, 0.29) is 5.82 Å². The molecule has 2 N–H and O–H groups in total. The van der Waals surface area contributed by atoms with Gasteiger partial charge in [0, 0.05) is 16.1 Å². The topological polar surface area (TPSA) is 62.7 Å². The molecule has 0 amide bonds. The zero-order valence-electron chi connectivity index (χ0n) is 12.5. The van der Waals surface area contributed by atoms with Crippen LogP contribution in [0, 0.1) is 18.3 Å². The van der Waals surface area contributed by atoms with Gasteiger partial charge in [0.1, 0.15) is 17.5 Å². The van der Waals surface area contributed by atoms with Gasteiger partial charge in [-0.05, 0) is 30.7 Å². The van der Waals surface area contributed by atoms with E-state index < -0.39 is 0 Å². The lowest BCUT2D eigenvalue weighted by atomic mass is 9.98. The number of aromatic nitrogens is 1.